The highest BCUT2D eigenvalue weighted by atomic mass is 32.2. The van der Waals surface area contributed by atoms with Crippen LogP contribution in [-0.4, -0.2) is 22.3 Å². The zero-order valence-corrected chi connectivity index (χ0v) is 11.1. The Hall–Kier alpha value is -1.18. The third kappa shape index (κ3) is 4.68. The number of nitrogens with zero attached hydrogens (tertiary/aromatic N) is 1. The van der Waals surface area contributed by atoms with Gasteiger partial charge in [-0.2, -0.15) is 5.26 Å². The molecule has 0 radical (unpaired) electrons. The predicted octanol–water partition coefficient (Wildman–Crippen LogP) is 1.98. The number of nitrogens with one attached hydrogen (secondary N) is 1. The van der Waals surface area contributed by atoms with Crippen LogP contribution in [0.4, 0.5) is 0 Å². The van der Waals surface area contributed by atoms with Crippen molar-refractivity contribution in [2.24, 2.45) is 0 Å². The molecule has 0 spiro atoms. The first kappa shape index (κ1) is 13.9. The fourth-order valence-corrected chi connectivity index (χ4v) is 2.13. The Morgan fingerprint density at radius 1 is 1.41 bits per heavy atom. The lowest BCUT2D eigenvalue weighted by atomic mass is 10.1. The van der Waals surface area contributed by atoms with E-state index in [9.17, 15) is 4.21 Å². The first-order valence-corrected chi connectivity index (χ1v) is 7.24. The maximum absolute atomic E-state index is 11.2. The SMILES string of the molecule is CCS(=O)CCNC(C)c1ccc(C#N)cc1. The molecule has 0 saturated heterocycles. The van der Waals surface area contributed by atoms with Crippen LogP contribution in [0.1, 0.15) is 31.0 Å². The van der Waals surface area contributed by atoms with Gasteiger partial charge in [-0.25, -0.2) is 0 Å². The second-order valence-electron chi connectivity index (χ2n) is 3.84. The molecule has 0 aromatic heterocycles. The Labute approximate surface area is 105 Å². The maximum Gasteiger partial charge on any atom is 0.0991 e. The van der Waals surface area contributed by atoms with E-state index in [4.69, 9.17) is 5.26 Å². The molecule has 0 bridgehead atoms. The van der Waals surface area contributed by atoms with Crippen molar-refractivity contribution in [1.29, 1.82) is 5.26 Å². The minimum Gasteiger partial charge on any atom is -0.309 e. The molecule has 2 unspecified atom stereocenters. The van der Waals surface area contributed by atoms with Gasteiger partial charge in [0.2, 0.25) is 0 Å². The van der Waals surface area contributed by atoms with Crippen LogP contribution in [0.2, 0.25) is 0 Å². The van der Waals surface area contributed by atoms with E-state index in [2.05, 4.69) is 18.3 Å². The van der Waals surface area contributed by atoms with Crippen LogP contribution in [0.15, 0.2) is 24.3 Å². The molecule has 0 saturated carbocycles. The lowest BCUT2D eigenvalue weighted by molar-refractivity contribution is 0.596. The van der Waals surface area contributed by atoms with E-state index in [1.54, 1.807) is 0 Å². The normalized spacial score (nSPS) is 13.9. The molecule has 1 rings (SSSR count). The molecule has 0 aliphatic carbocycles. The standard InChI is InChI=1S/C13H18N2OS/c1-3-17(16)9-8-15-11(2)13-6-4-12(10-14)5-7-13/h4-7,11,15H,3,8-9H2,1-2H3. The molecule has 0 amide bonds. The Bertz CT molecular complexity index is 408. The molecule has 4 heteroatoms. The van der Waals surface area contributed by atoms with Gasteiger partial charge in [-0.15, -0.1) is 0 Å². The Kier molecular flexibility index (Phi) is 5.88. The fourth-order valence-electron chi connectivity index (χ4n) is 1.50. The van der Waals surface area contributed by atoms with Gasteiger partial charge in [0.25, 0.3) is 0 Å². The first-order chi connectivity index (χ1) is 8.17. The third-order valence-corrected chi connectivity index (χ3v) is 3.95. The summed E-state index contributed by atoms with van der Waals surface area (Å²) < 4.78 is 11.2. The smallest absolute Gasteiger partial charge is 0.0991 e. The predicted molar refractivity (Wildman–Crippen MR) is 71.1 cm³/mol. The molecule has 2 atom stereocenters. The number of nitriles is 1. The van der Waals surface area contributed by atoms with E-state index in [1.165, 1.54) is 0 Å². The summed E-state index contributed by atoms with van der Waals surface area (Å²) >= 11 is 0. The van der Waals surface area contributed by atoms with E-state index >= 15 is 0 Å². The van der Waals surface area contributed by atoms with E-state index in [0.717, 1.165) is 12.1 Å². The van der Waals surface area contributed by atoms with Crippen LogP contribution in [0.5, 0.6) is 0 Å². The van der Waals surface area contributed by atoms with Gasteiger partial charge in [-0.05, 0) is 24.6 Å². The molecule has 0 aliphatic rings. The highest BCUT2D eigenvalue weighted by Gasteiger charge is 2.05. The number of hydrogen-bond acceptors (Lipinski definition) is 3. The van der Waals surface area contributed by atoms with Crippen molar-refractivity contribution < 1.29 is 4.21 Å². The summed E-state index contributed by atoms with van der Waals surface area (Å²) in [4.78, 5) is 0. The van der Waals surface area contributed by atoms with Gasteiger partial charge in [0.15, 0.2) is 0 Å². The average Bonchev–Trinajstić information content (AvgIpc) is 2.38. The van der Waals surface area contributed by atoms with E-state index < -0.39 is 10.8 Å². The minimum atomic E-state index is -0.710. The van der Waals surface area contributed by atoms with Crippen LogP contribution in [0, 0.1) is 11.3 Å². The van der Waals surface area contributed by atoms with Gasteiger partial charge in [0.1, 0.15) is 0 Å². The quantitative estimate of drug-likeness (QED) is 0.840. The molecular weight excluding hydrogens is 232 g/mol. The molecule has 92 valence electrons. The zero-order chi connectivity index (χ0) is 12.7. The van der Waals surface area contributed by atoms with Crippen molar-refractivity contribution >= 4 is 10.8 Å². The van der Waals surface area contributed by atoms with E-state index in [1.807, 2.05) is 31.2 Å². The monoisotopic (exact) mass is 250 g/mol. The first-order valence-electron chi connectivity index (χ1n) is 5.75. The third-order valence-electron chi connectivity index (χ3n) is 2.64. The molecule has 1 N–H and O–H groups in total. The van der Waals surface area contributed by atoms with E-state index in [0.29, 0.717) is 17.1 Å². The van der Waals surface area contributed by atoms with Crippen molar-refractivity contribution in [3.8, 4) is 6.07 Å². The van der Waals surface area contributed by atoms with E-state index in [-0.39, 0.29) is 6.04 Å². The Morgan fingerprint density at radius 2 is 2.06 bits per heavy atom. The van der Waals surface area contributed by atoms with Crippen LogP contribution in [0.3, 0.4) is 0 Å². The molecular formula is C13H18N2OS. The topological polar surface area (TPSA) is 52.9 Å². The zero-order valence-electron chi connectivity index (χ0n) is 10.3. The molecule has 0 fully saturated rings. The van der Waals surface area contributed by atoms with Gasteiger partial charge in [-0.3, -0.25) is 4.21 Å². The highest BCUT2D eigenvalue weighted by molar-refractivity contribution is 7.84. The number of benzene rings is 1. The average molecular weight is 250 g/mol. The molecule has 1 aromatic carbocycles. The molecule has 1 aromatic rings. The largest absolute Gasteiger partial charge is 0.309 e. The van der Waals surface area contributed by atoms with Gasteiger partial charge in [-0.1, -0.05) is 19.1 Å². The highest BCUT2D eigenvalue weighted by Crippen LogP contribution is 2.12. The van der Waals surface area contributed by atoms with Crippen molar-refractivity contribution in [2.75, 3.05) is 18.1 Å². The number of rotatable bonds is 6. The van der Waals surface area contributed by atoms with Crippen LogP contribution >= 0.6 is 0 Å². The van der Waals surface area contributed by atoms with Crippen molar-refractivity contribution in [3.63, 3.8) is 0 Å². The number of hydrogen-bond donors (Lipinski definition) is 1. The van der Waals surface area contributed by atoms with Crippen molar-refractivity contribution in [1.82, 2.24) is 5.32 Å². The molecule has 0 aliphatic heterocycles. The van der Waals surface area contributed by atoms with Crippen LogP contribution in [0.25, 0.3) is 0 Å². The molecule has 17 heavy (non-hydrogen) atoms. The lowest BCUT2D eigenvalue weighted by Crippen LogP contribution is -2.24. The minimum absolute atomic E-state index is 0.219. The summed E-state index contributed by atoms with van der Waals surface area (Å²) in [6, 6.07) is 9.85. The van der Waals surface area contributed by atoms with Gasteiger partial charge in [0, 0.05) is 34.9 Å². The molecule has 0 heterocycles. The lowest BCUT2D eigenvalue weighted by Gasteiger charge is -2.13. The summed E-state index contributed by atoms with van der Waals surface area (Å²) in [5, 5.41) is 12.0. The van der Waals surface area contributed by atoms with Crippen LogP contribution < -0.4 is 5.32 Å². The Morgan fingerprint density at radius 3 is 2.59 bits per heavy atom. The van der Waals surface area contributed by atoms with Crippen molar-refractivity contribution in [3.05, 3.63) is 35.4 Å². The summed E-state index contributed by atoms with van der Waals surface area (Å²) in [5.41, 5.74) is 1.82. The van der Waals surface area contributed by atoms with Gasteiger partial charge >= 0.3 is 0 Å². The van der Waals surface area contributed by atoms with Crippen molar-refractivity contribution in [2.45, 2.75) is 19.9 Å². The van der Waals surface area contributed by atoms with Crippen LogP contribution in [-0.2, 0) is 10.8 Å². The Balaban J connectivity index is 2.44. The second kappa shape index (κ2) is 7.21. The summed E-state index contributed by atoms with van der Waals surface area (Å²) in [6.45, 7) is 4.75. The maximum atomic E-state index is 11.2. The van der Waals surface area contributed by atoms with Gasteiger partial charge in [0.05, 0.1) is 11.6 Å². The fraction of sp³-hybridized carbons (Fsp3) is 0.462. The summed E-state index contributed by atoms with van der Waals surface area (Å²) in [6.07, 6.45) is 0. The second-order valence-corrected chi connectivity index (χ2v) is 5.71. The van der Waals surface area contributed by atoms with Gasteiger partial charge < -0.3 is 5.32 Å². The molecule has 3 nitrogen and oxygen atoms in total. The summed E-state index contributed by atoms with van der Waals surface area (Å²) in [7, 11) is -0.710. The summed E-state index contributed by atoms with van der Waals surface area (Å²) in [5.74, 6) is 1.41.